The first-order valence-corrected chi connectivity index (χ1v) is 20.8. The van der Waals surface area contributed by atoms with Gasteiger partial charge in [-0.3, -0.25) is 0 Å². The van der Waals surface area contributed by atoms with Crippen molar-refractivity contribution in [1.82, 2.24) is 0 Å². The van der Waals surface area contributed by atoms with Crippen LogP contribution in [0, 0.1) is 0 Å². The van der Waals surface area contributed by atoms with Crippen LogP contribution in [0.25, 0.3) is 0 Å². The second kappa shape index (κ2) is 23.9. The topological polar surface area (TPSA) is 18.5 Å². The molecule has 31 heavy (non-hydrogen) atoms. The van der Waals surface area contributed by atoms with Crippen molar-refractivity contribution in [3.05, 3.63) is 0 Å². The molecule has 0 heterocycles. The molecule has 0 bridgehead atoms. The first-order chi connectivity index (χ1) is 15.2. The molecule has 0 N–H and O–H groups in total. The summed E-state index contributed by atoms with van der Waals surface area (Å²) in [7, 11) is 0. The van der Waals surface area contributed by atoms with Gasteiger partial charge in [0.25, 0.3) is 0 Å². The first-order valence-electron chi connectivity index (χ1n) is 14.5. The Morgan fingerprint density at radius 2 is 0.839 bits per heavy atom. The standard InChI is InChI=1S/C12H25O2.2C8H17.Sn.H/c1-4-7-10-13-12(9-6-3)14-11-8-5-2;2*1-3-5-7-8-6-4-2;;/h4-11H2,1-3H3;2*1,3-8H2,2H3;;. The Labute approximate surface area is 204 Å². The van der Waals surface area contributed by atoms with E-state index in [1.165, 1.54) is 118 Å². The van der Waals surface area contributed by atoms with Gasteiger partial charge in [0.15, 0.2) is 0 Å². The summed E-state index contributed by atoms with van der Waals surface area (Å²) < 4.78 is 16.4. The zero-order chi connectivity index (χ0) is 23.0. The molecule has 0 aliphatic heterocycles. The van der Waals surface area contributed by atoms with Crippen LogP contribution >= 0.6 is 0 Å². The Hall–Kier alpha value is 0.719. The summed E-state index contributed by atoms with van der Waals surface area (Å²) in [4.78, 5) is 0. The van der Waals surface area contributed by atoms with Crippen LogP contribution in [0.5, 0.6) is 0 Å². The van der Waals surface area contributed by atoms with E-state index in [0.717, 1.165) is 19.6 Å². The maximum absolute atomic E-state index is 6.78. The zero-order valence-corrected chi connectivity index (χ0v) is 25.7. The quantitative estimate of drug-likeness (QED) is 0.0644. The summed E-state index contributed by atoms with van der Waals surface area (Å²) in [5.41, 5.74) is 0. The van der Waals surface area contributed by atoms with Gasteiger partial charge in [-0.05, 0) is 0 Å². The van der Waals surface area contributed by atoms with E-state index >= 15 is 0 Å². The second-order valence-electron chi connectivity index (χ2n) is 9.78. The van der Waals surface area contributed by atoms with Crippen LogP contribution < -0.4 is 0 Å². The van der Waals surface area contributed by atoms with Gasteiger partial charge in [0.05, 0.1) is 0 Å². The molecule has 0 spiro atoms. The van der Waals surface area contributed by atoms with Gasteiger partial charge in [0.2, 0.25) is 0 Å². The first kappa shape index (κ1) is 31.7. The van der Waals surface area contributed by atoms with Crippen LogP contribution in [-0.4, -0.2) is 36.8 Å². The van der Waals surface area contributed by atoms with Crippen LogP contribution in [0.4, 0.5) is 0 Å². The third-order valence-corrected chi connectivity index (χ3v) is 18.4. The minimum atomic E-state index is -2.02. The Morgan fingerprint density at radius 1 is 0.452 bits per heavy atom. The van der Waals surface area contributed by atoms with E-state index < -0.39 is 19.8 Å². The molecule has 0 saturated heterocycles. The molecule has 3 heteroatoms. The summed E-state index contributed by atoms with van der Waals surface area (Å²) in [5.74, 6) is 0. The fraction of sp³-hybridized carbons (Fsp3) is 1.00. The molecule has 0 aliphatic rings. The molecule has 0 rings (SSSR count). The van der Waals surface area contributed by atoms with E-state index in [-0.39, 0.29) is 3.80 Å². The van der Waals surface area contributed by atoms with Gasteiger partial charge in [-0.25, -0.2) is 0 Å². The van der Waals surface area contributed by atoms with Gasteiger partial charge in [-0.2, -0.15) is 0 Å². The van der Waals surface area contributed by atoms with Gasteiger partial charge in [-0.1, -0.05) is 0 Å². The molecule has 0 radical (unpaired) electrons. The van der Waals surface area contributed by atoms with Crippen LogP contribution in [0.3, 0.4) is 0 Å². The summed E-state index contributed by atoms with van der Waals surface area (Å²) in [5, 5.41) is 0. The Balaban J connectivity index is 5.08. The molecule has 0 fully saturated rings. The number of hydrogen-bond acceptors (Lipinski definition) is 2. The molecular weight excluding hydrogens is 487 g/mol. The van der Waals surface area contributed by atoms with E-state index in [1.807, 2.05) is 0 Å². The summed E-state index contributed by atoms with van der Waals surface area (Å²) in [6, 6.07) is 0. The van der Waals surface area contributed by atoms with E-state index in [4.69, 9.17) is 9.47 Å². The fourth-order valence-corrected chi connectivity index (χ4v) is 16.5. The second-order valence-corrected chi connectivity index (χ2v) is 19.6. The molecule has 0 aromatic rings. The van der Waals surface area contributed by atoms with Crippen LogP contribution in [0.15, 0.2) is 0 Å². The normalized spacial score (nSPS) is 12.2. The van der Waals surface area contributed by atoms with Crippen LogP contribution in [0.1, 0.15) is 150 Å². The molecule has 188 valence electrons. The van der Waals surface area contributed by atoms with E-state index in [0.29, 0.717) is 0 Å². The molecule has 0 aromatic carbocycles. The van der Waals surface area contributed by atoms with Gasteiger partial charge >= 0.3 is 205 Å². The molecule has 2 nitrogen and oxygen atoms in total. The number of rotatable bonds is 25. The average Bonchev–Trinajstić information content (AvgIpc) is 2.77. The number of ether oxygens (including phenoxy) is 2. The average molecular weight is 547 g/mol. The van der Waals surface area contributed by atoms with Crippen molar-refractivity contribution in [1.29, 1.82) is 0 Å². The molecular formula is C28H60O2Sn. The Morgan fingerprint density at radius 3 is 1.23 bits per heavy atom. The van der Waals surface area contributed by atoms with Crippen LogP contribution in [0.2, 0.25) is 8.87 Å². The fourth-order valence-electron chi connectivity index (χ4n) is 4.68. The summed E-state index contributed by atoms with van der Waals surface area (Å²) in [6.07, 6.45) is 24.0. The van der Waals surface area contributed by atoms with E-state index in [1.54, 1.807) is 0 Å². The monoisotopic (exact) mass is 548 g/mol. The van der Waals surface area contributed by atoms with Crippen molar-refractivity contribution in [2.24, 2.45) is 0 Å². The van der Waals surface area contributed by atoms with E-state index in [9.17, 15) is 0 Å². The number of hydrogen-bond donors (Lipinski definition) is 0. The number of unbranched alkanes of at least 4 members (excludes halogenated alkanes) is 12. The predicted molar refractivity (Wildman–Crippen MR) is 143 cm³/mol. The van der Waals surface area contributed by atoms with Crippen LogP contribution in [-0.2, 0) is 9.47 Å². The Kier molecular flexibility index (Phi) is 24.4. The maximum atomic E-state index is 6.78. The van der Waals surface area contributed by atoms with E-state index in [2.05, 4.69) is 34.6 Å². The van der Waals surface area contributed by atoms with Gasteiger partial charge in [0.1, 0.15) is 0 Å². The Bertz CT molecular complexity index is 322. The summed E-state index contributed by atoms with van der Waals surface area (Å²) in [6.45, 7) is 13.3. The predicted octanol–water partition coefficient (Wildman–Crippen LogP) is 9.60. The molecule has 0 aliphatic carbocycles. The van der Waals surface area contributed by atoms with Crippen molar-refractivity contribution in [3.8, 4) is 0 Å². The minimum absolute atomic E-state index is 0.131. The van der Waals surface area contributed by atoms with Gasteiger partial charge in [0, 0.05) is 0 Å². The summed E-state index contributed by atoms with van der Waals surface area (Å²) >= 11 is -2.02. The van der Waals surface area contributed by atoms with Crippen molar-refractivity contribution in [2.45, 2.75) is 163 Å². The van der Waals surface area contributed by atoms with Gasteiger partial charge < -0.3 is 0 Å². The van der Waals surface area contributed by atoms with Crippen molar-refractivity contribution in [2.75, 3.05) is 13.2 Å². The van der Waals surface area contributed by atoms with Crippen molar-refractivity contribution in [3.63, 3.8) is 0 Å². The molecule has 0 saturated carbocycles. The molecule has 0 atom stereocenters. The molecule has 0 amide bonds. The zero-order valence-electron chi connectivity index (χ0n) is 22.5. The third-order valence-electron chi connectivity index (χ3n) is 6.72. The molecule has 0 unspecified atom stereocenters. The molecule has 0 aromatic heterocycles. The third kappa shape index (κ3) is 16.9. The van der Waals surface area contributed by atoms with Crippen molar-refractivity contribution < 1.29 is 9.47 Å². The van der Waals surface area contributed by atoms with Gasteiger partial charge in [-0.15, -0.1) is 0 Å². The SMILES string of the molecule is CCCCCCC[CH2][SnH]([CH2]CCCCCCC)[C](CCC)(OCCCC)OCCCC. The van der Waals surface area contributed by atoms with Crippen molar-refractivity contribution >= 4 is 19.8 Å².